The molecule has 1 fully saturated rings. The lowest BCUT2D eigenvalue weighted by molar-refractivity contribution is -0.129. The first-order chi connectivity index (χ1) is 13.6. The molecule has 1 amide bonds. The molecule has 10 heteroatoms. The molecule has 1 aliphatic carbocycles. The van der Waals surface area contributed by atoms with Gasteiger partial charge in [-0.1, -0.05) is 18.2 Å². The molecule has 6 nitrogen and oxygen atoms in total. The number of aromatic nitrogens is 2. The Labute approximate surface area is 163 Å². The fourth-order valence-corrected chi connectivity index (χ4v) is 2.90. The molecule has 1 atom stereocenters. The van der Waals surface area contributed by atoms with E-state index in [1.165, 1.54) is 12.1 Å². The SMILES string of the molecule is CC(F)(F)c1ncc(C(=O)N[C@H](C=O)C2CC(F)(F)C2)nc1Oc1ccccc1. The summed E-state index contributed by atoms with van der Waals surface area (Å²) in [7, 11) is 0. The van der Waals surface area contributed by atoms with Gasteiger partial charge in [0.2, 0.25) is 11.8 Å². The van der Waals surface area contributed by atoms with Crippen molar-refractivity contribution in [3.8, 4) is 11.6 Å². The minimum absolute atomic E-state index is 0.201. The second kappa shape index (κ2) is 7.76. The molecule has 1 aromatic carbocycles. The Morgan fingerprint density at radius 2 is 1.97 bits per heavy atom. The van der Waals surface area contributed by atoms with E-state index in [4.69, 9.17) is 4.74 Å². The normalized spacial score (nSPS) is 17.1. The fourth-order valence-electron chi connectivity index (χ4n) is 2.90. The van der Waals surface area contributed by atoms with E-state index in [1.807, 2.05) is 0 Å². The van der Waals surface area contributed by atoms with Gasteiger partial charge in [0.15, 0.2) is 11.4 Å². The highest BCUT2D eigenvalue weighted by Crippen LogP contribution is 2.43. The lowest BCUT2D eigenvalue weighted by Crippen LogP contribution is -2.50. The molecule has 2 aromatic rings. The van der Waals surface area contributed by atoms with E-state index < -0.39 is 54.1 Å². The number of hydrogen-bond donors (Lipinski definition) is 1. The number of aldehydes is 1. The van der Waals surface area contributed by atoms with E-state index in [0.29, 0.717) is 13.2 Å². The highest BCUT2D eigenvalue weighted by molar-refractivity contribution is 5.93. The van der Waals surface area contributed by atoms with Crippen molar-refractivity contribution >= 4 is 12.2 Å². The van der Waals surface area contributed by atoms with Gasteiger partial charge in [0.05, 0.1) is 12.2 Å². The largest absolute Gasteiger partial charge is 0.437 e. The summed E-state index contributed by atoms with van der Waals surface area (Å²) in [6, 6.07) is 6.80. The molecule has 1 saturated carbocycles. The maximum Gasteiger partial charge on any atom is 0.292 e. The second-order valence-corrected chi connectivity index (χ2v) is 6.87. The van der Waals surface area contributed by atoms with Crippen LogP contribution in [0.2, 0.25) is 0 Å². The molecule has 3 rings (SSSR count). The number of nitrogens with one attached hydrogen (secondary N) is 1. The van der Waals surface area contributed by atoms with Crippen molar-refractivity contribution in [1.29, 1.82) is 0 Å². The van der Waals surface area contributed by atoms with E-state index >= 15 is 0 Å². The summed E-state index contributed by atoms with van der Waals surface area (Å²) in [4.78, 5) is 31.0. The molecular formula is C19H17F4N3O3. The van der Waals surface area contributed by atoms with Gasteiger partial charge < -0.3 is 14.8 Å². The van der Waals surface area contributed by atoms with Crippen molar-refractivity contribution in [3.05, 3.63) is 47.9 Å². The minimum atomic E-state index is -3.39. The number of alkyl halides is 4. The van der Waals surface area contributed by atoms with Gasteiger partial charge in [-0.25, -0.2) is 18.7 Å². The number of ether oxygens (including phenoxy) is 1. The van der Waals surface area contributed by atoms with E-state index in [1.54, 1.807) is 18.2 Å². The summed E-state index contributed by atoms with van der Waals surface area (Å²) < 4.78 is 59.1. The van der Waals surface area contributed by atoms with E-state index in [2.05, 4.69) is 15.3 Å². The predicted octanol–water partition coefficient (Wildman–Crippen LogP) is 3.72. The lowest BCUT2D eigenvalue weighted by atomic mass is 9.77. The topological polar surface area (TPSA) is 81.2 Å². The van der Waals surface area contributed by atoms with Gasteiger partial charge in [0.1, 0.15) is 12.0 Å². The van der Waals surface area contributed by atoms with Crippen LogP contribution in [-0.4, -0.2) is 34.1 Å². The lowest BCUT2D eigenvalue weighted by Gasteiger charge is -2.38. The predicted molar refractivity (Wildman–Crippen MR) is 93.1 cm³/mol. The smallest absolute Gasteiger partial charge is 0.292 e. The van der Waals surface area contributed by atoms with Crippen LogP contribution in [0.25, 0.3) is 0 Å². The first kappa shape index (κ1) is 20.7. The third-order valence-electron chi connectivity index (χ3n) is 4.42. The number of carbonyl (C=O) groups is 2. The molecule has 154 valence electrons. The molecule has 0 radical (unpaired) electrons. The summed E-state index contributed by atoms with van der Waals surface area (Å²) in [6.45, 7) is 0.605. The van der Waals surface area contributed by atoms with Crippen LogP contribution >= 0.6 is 0 Å². The Morgan fingerprint density at radius 3 is 2.52 bits per heavy atom. The van der Waals surface area contributed by atoms with Crippen LogP contribution in [0.3, 0.4) is 0 Å². The van der Waals surface area contributed by atoms with Crippen LogP contribution in [0.4, 0.5) is 17.6 Å². The molecule has 1 N–H and O–H groups in total. The Hall–Kier alpha value is -3.04. The van der Waals surface area contributed by atoms with Gasteiger partial charge >= 0.3 is 0 Å². The summed E-state index contributed by atoms with van der Waals surface area (Å²) in [5.74, 6) is -8.25. The quantitative estimate of drug-likeness (QED) is 0.555. The number of carbonyl (C=O) groups excluding carboxylic acids is 2. The molecule has 0 spiro atoms. The number of amides is 1. The highest BCUT2D eigenvalue weighted by Gasteiger charge is 2.49. The van der Waals surface area contributed by atoms with Crippen LogP contribution in [0.1, 0.15) is 35.9 Å². The average molecular weight is 411 g/mol. The Morgan fingerprint density at radius 1 is 1.31 bits per heavy atom. The van der Waals surface area contributed by atoms with Gasteiger partial charge in [-0.05, 0) is 18.1 Å². The summed E-state index contributed by atoms with van der Waals surface area (Å²) in [5.41, 5.74) is -1.16. The van der Waals surface area contributed by atoms with Crippen molar-refractivity contribution in [2.45, 2.75) is 37.7 Å². The maximum absolute atomic E-state index is 13.8. The summed E-state index contributed by atoms with van der Waals surface area (Å²) >= 11 is 0. The van der Waals surface area contributed by atoms with Crippen LogP contribution in [-0.2, 0) is 10.7 Å². The van der Waals surface area contributed by atoms with Gasteiger partial charge in [-0.3, -0.25) is 4.79 Å². The van der Waals surface area contributed by atoms with Crippen molar-refractivity contribution in [2.75, 3.05) is 0 Å². The average Bonchev–Trinajstić information content (AvgIpc) is 2.64. The fraction of sp³-hybridized carbons (Fsp3) is 0.368. The number of hydrogen-bond acceptors (Lipinski definition) is 5. The van der Waals surface area contributed by atoms with Gasteiger partial charge in [0, 0.05) is 19.8 Å². The van der Waals surface area contributed by atoms with Gasteiger partial charge in [-0.2, -0.15) is 8.78 Å². The zero-order valence-electron chi connectivity index (χ0n) is 15.2. The molecule has 0 unspecified atom stereocenters. The molecule has 0 aliphatic heterocycles. The number of rotatable bonds is 7. The van der Waals surface area contributed by atoms with Crippen LogP contribution in [0, 0.1) is 5.92 Å². The molecule has 1 aliphatic rings. The van der Waals surface area contributed by atoms with E-state index in [0.717, 1.165) is 6.20 Å². The van der Waals surface area contributed by atoms with Gasteiger partial charge in [-0.15, -0.1) is 0 Å². The zero-order chi connectivity index (χ0) is 21.2. The Bertz CT molecular complexity index is 895. The van der Waals surface area contributed by atoms with Crippen molar-refractivity contribution in [3.63, 3.8) is 0 Å². The van der Waals surface area contributed by atoms with Crippen LogP contribution in [0.15, 0.2) is 36.5 Å². The molecule has 0 bridgehead atoms. The molecule has 1 aromatic heterocycles. The van der Waals surface area contributed by atoms with E-state index in [9.17, 15) is 27.2 Å². The number of halogens is 4. The third-order valence-corrected chi connectivity index (χ3v) is 4.42. The molecule has 1 heterocycles. The van der Waals surface area contributed by atoms with E-state index in [-0.39, 0.29) is 11.4 Å². The highest BCUT2D eigenvalue weighted by atomic mass is 19.3. The summed E-state index contributed by atoms with van der Waals surface area (Å²) in [6.07, 6.45) is 0.135. The number of benzene rings is 1. The Balaban J connectivity index is 1.82. The second-order valence-electron chi connectivity index (χ2n) is 6.87. The van der Waals surface area contributed by atoms with Crippen LogP contribution in [0.5, 0.6) is 11.6 Å². The number of para-hydroxylation sites is 1. The molecule has 29 heavy (non-hydrogen) atoms. The zero-order valence-corrected chi connectivity index (χ0v) is 15.2. The first-order valence-corrected chi connectivity index (χ1v) is 8.71. The standard InChI is InChI=1S/C19H17F4N3O3/c1-18(20,21)15-17(29-12-5-3-2-4-6-12)26-13(9-24-15)16(28)25-14(10-27)11-7-19(22,23)8-11/h2-6,9-11,14H,7-8H2,1H3,(H,25,28)/t14-/m1/s1. The van der Waals surface area contributed by atoms with Crippen molar-refractivity contribution in [2.24, 2.45) is 5.92 Å². The van der Waals surface area contributed by atoms with Crippen molar-refractivity contribution in [1.82, 2.24) is 15.3 Å². The third kappa shape index (κ3) is 4.87. The molecular weight excluding hydrogens is 394 g/mol. The Kier molecular flexibility index (Phi) is 5.54. The first-order valence-electron chi connectivity index (χ1n) is 8.71. The maximum atomic E-state index is 13.8. The van der Waals surface area contributed by atoms with Gasteiger partial charge in [0.25, 0.3) is 11.8 Å². The molecule has 0 saturated heterocycles. The monoisotopic (exact) mass is 411 g/mol. The summed E-state index contributed by atoms with van der Waals surface area (Å²) in [5, 5.41) is 2.29. The van der Waals surface area contributed by atoms with Crippen LogP contribution < -0.4 is 10.1 Å². The minimum Gasteiger partial charge on any atom is -0.437 e. The van der Waals surface area contributed by atoms with Crippen molar-refractivity contribution < 1.29 is 31.9 Å². The number of nitrogens with zero attached hydrogens (tertiary/aromatic N) is 2.